The van der Waals surface area contributed by atoms with Gasteiger partial charge in [-0.3, -0.25) is 0 Å². The Morgan fingerprint density at radius 1 is 0.667 bits per heavy atom. The Kier molecular flexibility index (Phi) is 0.574. The summed E-state index contributed by atoms with van der Waals surface area (Å²) in [5, 5.41) is 7.96. The van der Waals surface area contributed by atoms with Gasteiger partial charge in [0.1, 0.15) is 0 Å². The summed E-state index contributed by atoms with van der Waals surface area (Å²) in [6.45, 7) is 0. The molecular formula is C6H18O2Ti. The van der Waals surface area contributed by atoms with E-state index in [1.807, 2.05) is 0 Å². The van der Waals surface area contributed by atoms with Crippen molar-refractivity contribution in [3.8, 4) is 0 Å². The number of hydrogen-bond acceptors (Lipinski definition) is 2. The topological polar surface area (TPSA) is 34.1 Å². The minimum absolute atomic E-state index is 1.33. The zero-order chi connectivity index (χ0) is 8.35. The monoisotopic (exact) mass is 170 g/mol. The summed E-state index contributed by atoms with van der Waals surface area (Å²) >= 11 is -5.75. The second-order valence-electron chi connectivity index (χ2n) is 10.0. The van der Waals surface area contributed by atoms with Crippen LogP contribution in [0.3, 0.4) is 0 Å². The zero-order valence-corrected chi connectivity index (χ0v) is 8.88. The maximum atomic E-state index is 12.0. The van der Waals surface area contributed by atoms with Crippen molar-refractivity contribution in [1.82, 2.24) is 0 Å². The SMILES string of the molecule is [CH3][Ti]([CH3])([CH3])([CH3])([CH3])([CH3])(=[O])=[O]. The van der Waals surface area contributed by atoms with Crippen LogP contribution in [0.4, 0.5) is 0 Å². The third-order valence-corrected chi connectivity index (χ3v) is 0. The van der Waals surface area contributed by atoms with Gasteiger partial charge in [-0.25, -0.2) is 0 Å². The third kappa shape index (κ3) is 3360. The van der Waals surface area contributed by atoms with Gasteiger partial charge in [0.15, 0.2) is 0 Å². The van der Waals surface area contributed by atoms with Crippen LogP contribution in [0.2, 0.25) is 31.4 Å². The molecule has 0 fully saturated rings. The van der Waals surface area contributed by atoms with Crippen LogP contribution in [-0.2, 0) is 18.0 Å². The van der Waals surface area contributed by atoms with Crippen molar-refractivity contribution in [3.05, 3.63) is 0 Å². The molecule has 0 aromatic heterocycles. The van der Waals surface area contributed by atoms with Crippen molar-refractivity contribution < 1.29 is 18.0 Å². The predicted molar refractivity (Wildman–Crippen MR) is 36.6 cm³/mol. The van der Waals surface area contributed by atoms with Crippen LogP contribution in [-0.4, -0.2) is 0 Å². The Morgan fingerprint density at radius 2 is 0.667 bits per heavy atom. The molecule has 0 unspecified atom stereocenters. The van der Waals surface area contributed by atoms with Gasteiger partial charge in [0, 0.05) is 0 Å². The van der Waals surface area contributed by atoms with E-state index in [4.69, 9.17) is 0 Å². The summed E-state index contributed by atoms with van der Waals surface area (Å²) in [6.07, 6.45) is 0. The summed E-state index contributed by atoms with van der Waals surface area (Å²) in [4.78, 5) is 0. The molecule has 58 valence electrons. The minimum atomic E-state index is -5.75. The molecule has 3 heteroatoms. The predicted octanol–water partition coefficient (Wildman–Crippen LogP) is 3.26. The van der Waals surface area contributed by atoms with E-state index < -0.39 is 11.4 Å². The Hall–Kier alpha value is 0.314. The van der Waals surface area contributed by atoms with E-state index in [2.05, 4.69) is 0 Å². The maximum absolute atomic E-state index is 12.0. The van der Waals surface area contributed by atoms with Gasteiger partial charge in [-0.15, -0.1) is 0 Å². The summed E-state index contributed by atoms with van der Waals surface area (Å²) in [6, 6.07) is 0. The van der Waals surface area contributed by atoms with E-state index in [1.54, 1.807) is 0 Å². The van der Waals surface area contributed by atoms with Gasteiger partial charge in [-0.1, -0.05) is 0 Å². The second kappa shape index (κ2) is 0.555. The van der Waals surface area contributed by atoms with Crippen LogP contribution >= 0.6 is 0 Å². The first kappa shape index (κ1) is 9.31. The average molecular weight is 170 g/mol. The molecule has 0 aromatic carbocycles. The molecule has 0 aliphatic carbocycles. The Balaban J connectivity index is 6.72. The fourth-order valence-electron chi connectivity index (χ4n) is 0. The van der Waals surface area contributed by atoms with Gasteiger partial charge >= 0.3 is 49.4 Å². The quantitative estimate of drug-likeness (QED) is 0.523. The molecule has 0 saturated carbocycles. The van der Waals surface area contributed by atoms with Gasteiger partial charge in [-0.05, 0) is 0 Å². The van der Waals surface area contributed by atoms with E-state index in [-0.39, 0.29) is 0 Å². The van der Waals surface area contributed by atoms with E-state index >= 15 is 0 Å². The molecule has 0 amide bonds. The van der Waals surface area contributed by atoms with Crippen LogP contribution < -0.4 is 0 Å². The fourth-order valence-corrected chi connectivity index (χ4v) is 0. The van der Waals surface area contributed by atoms with Crippen molar-refractivity contribution in [2.45, 2.75) is 31.4 Å². The van der Waals surface area contributed by atoms with Crippen molar-refractivity contribution in [1.29, 1.82) is 0 Å². The van der Waals surface area contributed by atoms with E-state index in [0.29, 0.717) is 0 Å². The fraction of sp³-hybridized carbons (Fsp3) is 1.00. The van der Waals surface area contributed by atoms with Gasteiger partial charge in [0.05, 0.1) is 0 Å². The van der Waals surface area contributed by atoms with Crippen molar-refractivity contribution in [2.75, 3.05) is 0 Å². The molecule has 0 radical (unpaired) electrons. The van der Waals surface area contributed by atoms with Crippen molar-refractivity contribution in [3.63, 3.8) is 0 Å². The van der Waals surface area contributed by atoms with Crippen LogP contribution in [0.25, 0.3) is 0 Å². The first-order valence-corrected chi connectivity index (χ1v) is 14.1. The van der Waals surface area contributed by atoms with Gasteiger partial charge in [0.25, 0.3) is 0 Å². The summed E-state index contributed by atoms with van der Waals surface area (Å²) in [5.41, 5.74) is 0. The number of hydrogen-bond donors (Lipinski definition) is 0. The first-order chi connectivity index (χ1) is 2.83. The standard InChI is InChI=1S/6CH3.2O.Ti/h6*1H3;;;. The van der Waals surface area contributed by atoms with Crippen LogP contribution in [0.1, 0.15) is 0 Å². The molecule has 0 atom stereocenters. The molecule has 0 saturated heterocycles. The molecule has 0 aliphatic heterocycles. The Labute approximate surface area is 49.7 Å². The average Bonchev–Trinajstić information content (AvgIpc) is 0.503. The van der Waals surface area contributed by atoms with Crippen molar-refractivity contribution >= 4 is 0 Å². The second-order valence-corrected chi connectivity index (χ2v) is 41.4. The molecule has 0 bridgehead atoms. The summed E-state index contributed by atoms with van der Waals surface area (Å²) in [7, 11) is 0. The van der Waals surface area contributed by atoms with E-state index in [9.17, 15) is 6.65 Å². The zero-order valence-electron chi connectivity index (χ0n) is 7.32. The molecule has 2 nitrogen and oxygen atoms in total. The molecule has 0 spiro atoms. The summed E-state index contributed by atoms with van der Waals surface area (Å²) < 4.78 is 24.0. The molecule has 0 N–H and O–H groups in total. The number of rotatable bonds is 0. The van der Waals surface area contributed by atoms with Gasteiger partial charge in [0.2, 0.25) is 0 Å². The van der Waals surface area contributed by atoms with Crippen LogP contribution in [0, 0.1) is 0 Å². The van der Waals surface area contributed by atoms with Crippen LogP contribution in [0.15, 0.2) is 0 Å². The molecule has 9 heavy (non-hydrogen) atoms. The summed E-state index contributed by atoms with van der Waals surface area (Å²) in [5.74, 6) is 0. The normalized spacial score (nSPS) is 30.9. The van der Waals surface area contributed by atoms with Crippen molar-refractivity contribution in [2.24, 2.45) is 0 Å². The van der Waals surface area contributed by atoms with E-state index in [0.717, 1.165) is 0 Å². The van der Waals surface area contributed by atoms with Gasteiger partial charge < -0.3 is 0 Å². The van der Waals surface area contributed by atoms with E-state index in [1.165, 1.54) is 31.4 Å². The Bertz CT molecular complexity index is 327. The third-order valence-electron chi connectivity index (χ3n) is 0. The van der Waals surface area contributed by atoms with Gasteiger partial charge in [-0.2, -0.15) is 0 Å². The molecular weight excluding hydrogens is 152 g/mol. The molecule has 0 aliphatic rings. The molecule has 0 aromatic rings. The molecule has 0 heterocycles. The molecule has 0 rings (SSSR count). The first-order valence-electron chi connectivity index (χ1n) is 3.41. The Morgan fingerprint density at radius 3 is 0.667 bits per heavy atom. The van der Waals surface area contributed by atoms with Crippen LogP contribution in [0.5, 0.6) is 0 Å².